The van der Waals surface area contributed by atoms with Crippen molar-refractivity contribution in [3.05, 3.63) is 28.8 Å². The SMILES string of the molecule is NC(=O)N1CC[C@H]2Nc3ccc(Cl)cc3[C@@H]2C1. The molecular formula is C12H14ClN3O. The second-order valence-electron chi connectivity index (χ2n) is 4.66. The molecule has 3 rings (SSSR count). The summed E-state index contributed by atoms with van der Waals surface area (Å²) < 4.78 is 0. The second-order valence-corrected chi connectivity index (χ2v) is 5.10. The van der Waals surface area contributed by atoms with Crippen LogP contribution in [-0.4, -0.2) is 30.1 Å². The number of nitrogens with zero attached hydrogens (tertiary/aromatic N) is 1. The Hall–Kier alpha value is -1.42. The van der Waals surface area contributed by atoms with E-state index in [1.807, 2.05) is 18.2 Å². The molecule has 2 heterocycles. The number of fused-ring (bicyclic) bond motifs is 3. The van der Waals surface area contributed by atoms with Crippen LogP contribution in [-0.2, 0) is 0 Å². The van der Waals surface area contributed by atoms with Gasteiger partial charge in [-0.05, 0) is 30.2 Å². The molecule has 0 spiro atoms. The monoisotopic (exact) mass is 251 g/mol. The van der Waals surface area contributed by atoms with E-state index in [0.29, 0.717) is 18.5 Å². The van der Waals surface area contributed by atoms with Gasteiger partial charge in [0, 0.05) is 35.8 Å². The molecule has 4 nitrogen and oxygen atoms in total. The Bertz CT molecular complexity index is 477. The van der Waals surface area contributed by atoms with E-state index in [-0.39, 0.29) is 6.03 Å². The first-order valence-corrected chi connectivity index (χ1v) is 6.13. The zero-order chi connectivity index (χ0) is 12.0. The van der Waals surface area contributed by atoms with Gasteiger partial charge in [-0.3, -0.25) is 0 Å². The van der Waals surface area contributed by atoms with Gasteiger partial charge in [0.25, 0.3) is 0 Å². The van der Waals surface area contributed by atoms with E-state index in [1.54, 1.807) is 4.90 Å². The van der Waals surface area contributed by atoms with E-state index in [4.69, 9.17) is 17.3 Å². The Kier molecular flexibility index (Phi) is 2.40. The van der Waals surface area contributed by atoms with Crippen LogP contribution in [0.15, 0.2) is 18.2 Å². The molecule has 0 unspecified atom stereocenters. The lowest BCUT2D eigenvalue weighted by molar-refractivity contribution is 0.186. The van der Waals surface area contributed by atoms with Crippen molar-refractivity contribution < 1.29 is 4.79 Å². The Morgan fingerprint density at radius 2 is 2.35 bits per heavy atom. The molecule has 1 fully saturated rings. The standard InChI is InChI=1S/C12H14ClN3O/c13-7-1-2-10-8(5-7)9-6-16(12(14)17)4-3-11(9)15-10/h1-2,5,9,11,15H,3-4,6H2,(H2,14,17)/t9-,11+/m0/s1. The summed E-state index contributed by atoms with van der Waals surface area (Å²) in [4.78, 5) is 12.9. The lowest BCUT2D eigenvalue weighted by atomic mass is 9.89. The van der Waals surface area contributed by atoms with Gasteiger partial charge in [-0.2, -0.15) is 0 Å². The van der Waals surface area contributed by atoms with Gasteiger partial charge in [-0.15, -0.1) is 0 Å². The Balaban J connectivity index is 1.92. The van der Waals surface area contributed by atoms with E-state index in [9.17, 15) is 4.79 Å². The van der Waals surface area contributed by atoms with Gasteiger partial charge in [0.15, 0.2) is 0 Å². The fraction of sp³-hybridized carbons (Fsp3) is 0.417. The third-order valence-electron chi connectivity index (χ3n) is 3.68. The Labute approximate surface area is 105 Å². The number of hydrogen-bond donors (Lipinski definition) is 2. The number of carbonyl (C=O) groups excluding carboxylic acids is 1. The lowest BCUT2D eigenvalue weighted by Crippen LogP contribution is -2.47. The maximum absolute atomic E-state index is 11.2. The van der Waals surface area contributed by atoms with Crippen molar-refractivity contribution in [1.82, 2.24) is 4.90 Å². The van der Waals surface area contributed by atoms with E-state index in [1.165, 1.54) is 5.56 Å². The number of piperidine rings is 1. The molecule has 17 heavy (non-hydrogen) atoms. The number of hydrogen-bond acceptors (Lipinski definition) is 2. The molecule has 1 saturated heterocycles. The quantitative estimate of drug-likeness (QED) is 0.741. The summed E-state index contributed by atoms with van der Waals surface area (Å²) in [5, 5.41) is 4.22. The van der Waals surface area contributed by atoms with Gasteiger partial charge < -0.3 is 16.0 Å². The smallest absolute Gasteiger partial charge is 0.314 e. The summed E-state index contributed by atoms with van der Waals surface area (Å²) in [7, 11) is 0. The zero-order valence-electron chi connectivity index (χ0n) is 9.32. The molecule has 2 aliphatic rings. The molecule has 0 radical (unpaired) electrons. The molecule has 1 aromatic rings. The average molecular weight is 252 g/mol. The van der Waals surface area contributed by atoms with Crippen LogP contribution in [0.25, 0.3) is 0 Å². The van der Waals surface area contributed by atoms with E-state index < -0.39 is 0 Å². The van der Waals surface area contributed by atoms with Crippen molar-refractivity contribution in [3.63, 3.8) is 0 Å². The molecule has 2 amide bonds. The topological polar surface area (TPSA) is 58.4 Å². The highest BCUT2D eigenvalue weighted by Crippen LogP contribution is 2.41. The van der Waals surface area contributed by atoms with Gasteiger partial charge >= 0.3 is 6.03 Å². The molecule has 0 aromatic heterocycles. The number of nitrogens with two attached hydrogens (primary N) is 1. The minimum Gasteiger partial charge on any atom is -0.381 e. The fourth-order valence-corrected chi connectivity index (χ4v) is 2.99. The minimum absolute atomic E-state index is 0.310. The number of primary amides is 1. The van der Waals surface area contributed by atoms with Crippen LogP contribution in [0.2, 0.25) is 5.02 Å². The van der Waals surface area contributed by atoms with Gasteiger partial charge in [0.05, 0.1) is 0 Å². The molecule has 2 atom stereocenters. The number of urea groups is 1. The maximum Gasteiger partial charge on any atom is 0.314 e. The highest BCUT2D eigenvalue weighted by atomic mass is 35.5. The van der Waals surface area contributed by atoms with Crippen LogP contribution in [0.5, 0.6) is 0 Å². The summed E-state index contributed by atoms with van der Waals surface area (Å²) in [6, 6.07) is 5.94. The van der Waals surface area contributed by atoms with Crippen LogP contribution < -0.4 is 11.1 Å². The van der Waals surface area contributed by atoms with Crippen molar-refractivity contribution in [3.8, 4) is 0 Å². The second kappa shape index (κ2) is 3.81. The number of halogens is 1. The van der Waals surface area contributed by atoms with Crippen molar-refractivity contribution in [1.29, 1.82) is 0 Å². The third kappa shape index (κ3) is 1.72. The van der Waals surface area contributed by atoms with Crippen LogP contribution >= 0.6 is 11.6 Å². The molecule has 2 aliphatic heterocycles. The highest BCUT2D eigenvalue weighted by molar-refractivity contribution is 6.30. The number of rotatable bonds is 0. The van der Waals surface area contributed by atoms with Crippen molar-refractivity contribution in [2.75, 3.05) is 18.4 Å². The first-order chi connectivity index (χ1) is 8.15. The van der Waals surface area contributed by atoms with Crippen LogP contribution in [0.1, 0.15) is 17.9 Å². The highest BCUT2D eigenvalue weighted by Gasteiger charge is 2.37. The molecule has 0 bridgehead atoms. The average Bonchev–Trinajstić information content (AvgIpc) is 2.66. The van der Waals surface area contributed by atoms with Crippen LogP contribution in [0.4, 0.5) is 10.5 Å². The van der Waals surface area contributed by atoms with Crippen molar-refractivity contribution in [2.24, 2.45) is 5.73 Å². The van der Waals surface area contributed by atoms with Crippen molar-refractivity contribution in [2.45, 2.75) is 18.4 Å². The molecule has 90 valence electrons. The number of likely N-dealkylation sites (tertiary alicyclic amines) is 1. The zero-order valence-corrected chi connectivity index (χ0v) is 10.1. The fourth-order valence-electron chi connectivity index (χ4n) is 2.81. The molecule has 0 saturated carbocycles. The summed E-state index contributed by atoms with van der Waals surface area (Å²) in [5.41, 5.74) is 7.68. The van der Waals surface area contributed by atoms with Gasteiger partial charge in [-0.25, -0.2) is 4.79 Å². The van der Waals surface area contributed by atoms with Crippen LogP contribution in [0.3, 0.4) is 0 Å². The predicted octanol–water partition coefficient (Wildman–Crippen LogP) is 2.00. The van der Waals surface area contributed by atoms with E-state index >= 15 is 0 Å². The van der Waals surface area contributed by atoms with E-state index in [0.717, 1.165) is 23.7 Å². The number of nitrogens with one attached hydrogen (secondary N) is 1. The first-order valence-electron chi connectivity index (χ1n) is 5.75. The third-order valence-corrected chi connectivity index (χ3v) is 3.91. The predicted molar refractivity (Wildman–Crippen MR) is 67.4 cm³/mol. The summed E-state index contributed by atoms with van der Waals surface area (Å²) in [6.07, 6.45) is 0.930. The summed E-state index contributed by atoms with van der Waals surface area (Å²) in [5.74, 6) is 0.310. The molecule has 5 heteroatoms. The normalized spacial score (nSPS) is 26.1. The van der Waals surface area contributed by atoms with Gasteiger partial charge in [0.1, 0.15) is 0 Å². The Morgan fingerprint density at radius 3 is 3.12 bits per heavy atom. The van der Waals surface area contributed by atoms with E-state index in [2.05, 4.69) is 5.32 Å². The molecular weight excluding hydrogens is 238 g/mol. The van der Waals surface area contributed by atoms with Gasteiger partial charge in [0.2, 0.25) is 0 Å². The number of amides is 2. The lowest BCUT2D eigenvalue weighted by Gasteiger charge is -2.34. The van der Waals surface area contributed by atoms with Crippen molar-refractivity contribution >= 4 is 23.3 Å². The Morgan fingerprint density at radius 1 is 1.53 bits per heavy atom. The summed E-state index contributed by atoms with van der Waals surface area (Å²) in [6.45, 7) is 1.41. The van der Waals surface area contributed by atoms with Crippen LogP contribution in [0, 0.1) is 0 Å². The first kappa shape index (κ1) is 10.7. The number of anilines is 1. The molecule has 3 N–H and O–H groups in total. The summed E-state index contributed by atoms with van der Waals surface area (Å²) >= 11 is 6.02. The molecule has 1 aromatic carbocycles. The number of benzene rings is 1. The number of carbonyl (C=O) groups is 1. The van der Waals surface area contributed by atoms with Gasteiger partial charge in [-0.1, -0.05) is 11.6 Å². The minimum atomic E-state index is -0.334. The maximum atomic E-state index is 11.2. The molecule has 0 aliphatic carbocycles. The largest absolute Gasteiger partial charge is 0.381 e.